The number of nitrogens with two attached hydrogens (primary N) is 1. The van der Waals surface area contributed by atoms with E-state index in [4.69, 9.17) is 5.73 Å². The molecule has 0 radical (unpaired) electrons. The molecule has 1 aromatic heterocycles. The number of benzene rings is 1. The van der Waals surface area contributed by atoms with Crippen LogP contribution in [0.1, 0.15) is 5.56 Å². The number of thioether (sulfide) groups is 1. The summed E-state index contributed by atoms with van der Waals surface area (Å²) in [6.07, 6.45) is 1.05. The van der Waals surface area contributed by atoms with E-state index in [2.05, 4.69) is 34.5 Å². The third-order valence-corrected chi connectivity index (χ3v) is 3.77. The predicted octanol–water partition coefficient (Wildman–Crippen LogP) is 2.46. The van der Waals surface area contributed by atoms with Gasteiger partial charge in [-0.25, -0.2) is 0 Å². The molecule has 1 heterocycles. The normalized spacial score (nSPS) is 10.4. The van der Waals surface area contributed by atoms with E-state index < -0.39 is 0 Å². The van der Waals surface area contributed by atoms with E-state index in [1.807, 2.05) is 6.07 Å². The minimum Gasteiger partial charge on any atom is -0.374 e. The molecule has 0 unspecified atom stereocenters. The van der Waals surface area contributed by atoms with Crippen molar-refractivity contribution in [2.75, 3.05) is 11.5 Å². The number of nitrogen functional groups attached to an aromatic ring is 1. The number of aryl methyl sites for hydroxylation is 1. The van der Waals surface area contributed by atoms with Gasteiger partial charge >= 0.3 is 0 Å². The van der Waals surface area contributed by atoms with Crippen molar-refractivity contribution >= 4 is 28.2 Å². The molecule has 0 fully saturated rings. The van der Waals surface area contributed by atoms with Gasteiger partial charge in [0.25, 0.3) is 0 Å². The maximum Gasteiger partial charge on any atom is 0.203 e. The molecule has 0 atom stereocenters. The predicted molar refractivity (Wildman–Crippen MR) is 65.2 cm³/mol. The summed E-state index contributed by atoms with van der Waals surface area (Å²) in [4.78, 5) is 0. The summed E-state index contributed by atoms with van der Waals surface area (Å²) in [5.41, 5.74) is 6.84. The maximum atomic E-state index is 5.49. The largest absolute Gasteiger partial charge is 0.374 e. The lowest BCUT2D eigenvalue weighted by atomic mass is 10.2. The molecule has 0 amide bonds. The monoisotopic (exact) mass is 237 g/mol. The van der Waals surface area contributed by atoms with Crippen molar-refractivity contribution in [2.24, 2.45) is 0 Å². The second-order valence-electron chi connectivity index (χ2n) is 2.99. The molecule has 0 saturated carbocycles. The Hall–Kier alpha value is -1.07. The molecule has 3 nitrogen and oxygen atoms in total. The number of anilines is 1. The van der Waals surface area contributed by atoms with Crippen molar-refractivity contribution in [3.05, 3.63) is 35.9 Å². The van der Waals surface area contributed by atoms with E-state index in [1.165, 1.54) is 16.9 Å². The minimum atomic E-state index is 0.539. The first kappa shape index (κ1) is 10.4. The Kier molecular flexibility index (Phi) is 3.58. The van der Waals surface area contributed by atoms with Gasteiger partial charge in [-0.15, -0.1) is 10.2 Å². The summed E-state index contributed by atoms with van der Waals surface area (Å²) in [7, 11) is 0. The fraction of sp³-hybridized carbons (Fsp3) is 0.200. The number of hydrogen-bond donors (Lipinski definition) is 1. The molecule has 2 aromatic rings. The van der Waals surface area contributed by atoms with Crippen LogP contribution >= 0.6 is 23.1 Å². The van der Waals surface area contributed by atoms with Crippen LogP contribution in [0.15, 0.2) is 34.7 Å². The quantitative estimate of drug-likeness (QED) is 0.830. The van der Waals surface area contributed by atoms with Crippen molar-refractivity contribution in [1.29, 1.82) is 0 Å². The van der Waals surface area contributed by atoms with Gasteiger partial charge < -0.3 is 5.73 Å². The van der Waals surface area contributed by atoms with Gasteiger partial charge in [0, 0.05) is 5.75 Å². The lowest BCUT2D eigenvalue weighted by Crippen LogP contribution is -1.87. The maximum absolute atomic E-state index is 5.49. The Balaban J connectivity index is 1.80. The van der Waals surface area contributed by atoms with Crippen LogP contribution < -0.4 is 5.73 Å². The lowest BCUT2D eigenvalue weighted by Gasteiger charge is -1.98. The van der Waals surface area contributed by atoms with Gasteiger partial charge in [0.1, 0.15) is 0 Å². The Morgan fingerprint density at radius 3 is 2.67 bits per heavy atom. The highest BCUT2D eigenvalue weighted by molar-refractivity contribution is 8.01. The fourth-order valence-corrected chi connectivity index (χ4v) is 2.87. The number of rotatable bonds is 4. The van der Waals surface area contributed by atoms with Crippen molar-refractivity contribution in [3.63, 3.8) is 0 Å². The van der Waals surface area contributed by atoms with Crippen LogP contribution in [0.2, 0.25) is 0 Å². The van der Waals surface area contributed by atoms with Crippen molar-refractivity contribution < 1.29 is 0 Å². The molecule has 15 heavy (non-hydrogen) atoms. The molecule has 0 aliphatic carbocycles. The van der Waals surface area contributed by atoms with Crippen molar-refractivity contribution in [2.45, 2.75) is 10.8 Å². The molecule has 0 saturated heterocycles. The zero-order valence-electron chi connectivity index (χ0n) is 8.09. The number of aromatic nitrogens is 2. The second-order valence-corrected chi connectivity index (χ2v) is 5.34. The van der Waals surface area contributed by atoms with Crippen LogP contribution in [-0.2, 0) is 6.42 Å². The first-order valence-electron chi connectivity index (χ1n) is 4.60. The highest BCUT2D eigenvalue weighted by Crippen LogP contribution is 2.23. The first-order chi connectivity index (χ1) is 7.34. The molecule has 0 spiro atoms. The van der Waals surface area contributed by atoms with Crippen LogP contribution in [0.5, 0.6) is 0 Å². The van der Waals surface area contributed by atoms with Gasteiger partial charge in [-0.1, -0.05) is 53.4 Å². The minimum absolute atomic E-state index is 0.539. The molecular weight excluding hydrogens is 226 g/mol. The van der Waals surface area contributed by atoms with Gasteiger partial charge in [-0.05, 0) is 12.0 Å². The number of nitrogens with zero attached hydrogens (tertiary/aromatic N) is 2. The molecule has 5 heteroatoms. The topological polar surface area (TPSA) is 51.8 Å². The molecule has 2 rings (SSSR count). The molecule has 78 valence electrons. The van der Waals surface area contributed by atoms with Crippen LogP contribution in [0.4, 0.5) is 5.13 Å². The van der Waals surface area contributed by atoms with Gasteiger partial charge in [0.15, 0.2) is 4.34 Å². The van der Waals surface area contributed by atoms with Crippen LogP contribution in [0.25, 0.3) is 0 Å². The summed E-state index contributed by atoms with van der Waals surface area (Å²) in [5, 5.41) is 8.26. The third kappa shape index (κ3) is 3.21. The van der Waals surface area contributed by atoms with E-state index in [1.54, 1.807) is 11.8 Å². The van der Waals surface area contributed by atoms with Gasteiger partial charge in [0.05, 0.1) is 0 Å². The summed E-state index contributed by atoms with van der Waals surface area (Å²) >= 11 is 3.14. The van der Waals surface area contributed by atoms with E-state index in [-0.39, 0.29) is 0 Å². The Bertz CT molecular complexity index is 414. The molecular formula is C10H11N3S2. The molecule has 0 aliphatic heterocycles. The highest BCUT2D eigenvalue weighted by Gasteiger charge is 2.01. The van der Waals surface area contributed by atoms with Gasteiger partial charge in [0.2, 0.25) is 5.13 Å². The fourth-order valence-electron chi connectivity index (χ4n) is 1.18. The number of hydrogen-bond acceptors (Lipinski definition) is 5. The van der Waals surface area contributed by atoms with Crippen LogP contribution in [0.3, 0.4) is 0 Å². The van der Waals surface area contributed by atoms with E-state index >= 15 is 0 Å². The molecule has 0 aliphatic rings. The van der Waals surface area contributed by atoms with Crippen LogP contribution in [0, 0.1) is 0 Å². The van der Waals surface area contributed by atoms with Crippen molar-refractivity contribution in [1.82, 2.24) is 10.2 Å². The second kappa shape index (κ2) is 5.14. The average Bonchev–Trinajstić information content (AvgIpc) is 2.66. The molecule has 1 aromatic carbocycles. The standard InChI is InChI=1S/C10H11N3S2/c11-9-12-13-10(15-9)14-7-6-8-4-2-1-3-5-8/h1-5H,6-7H2,(H2,11,12). The zero-order valence-corrected chi connectivity index (χ0v) is 9.72. The Morgan fingerprint density at radius 1 is 1.20 bits per heavy atom. The zero-order chi connectivity index (χ0) is 10.5. The summed E-state index contributed by atoms with van der Waals surface area (Å²) in [6.45, 7) is 0. The van der Waals surface area contributed by atoms with Crippen molar-refractivity contribution in [3.8, 4) is 0 Å². The first-order valence-corrected chi connectivity index (χ1v) is 6.40. The molecule has 0 bridgehead atoms. The van der Waals surface area contributed by atoms with E-state index in [0.717, 1.165) is 16.5 Å². The third-order valence-electron chi connectivity index (χ3n) is 1.88. The Labute approximate surface area is 96.7 Å². The van der Waals surface area contributed by atoms with Gasteiger partial charge in [-0.3, -0.25) is 0 Å². The van der Waals surface area contributed by atoms with Crippen LogP contribution in [-0.4, -0.2) is 16.0 Å². The average molecular weight is 237 g/mol. The highest BCUT2D eigenvalue weighted by atomic mass is 32.2. The lowest BCUT2D eigenvalue weighted by molar-refractivity contribution is 1.01. The van der Waals surface area contributed by atoms with E-state index in [0.29, 0.717) is 5.13 Å². The smallest absolute Gasteiger partial charge is 0.203 e. The summed E-state index contributed by atoms with van der Waals surface area (Å²) < 4.78 is 0.948. The SMILES string of the molecule is Nc1nnc(SCCc2ccccc2)s1. The van der Waals surface area contributed by atoms with E-state index in [9.17, 15) is 0 Å². The summed E-state index contributed by atoms with van der Waals surface area (Å²) in [6, 6.07) is 10.4. The Morgan fingerprint density at radius 2 is 2.00 bits per heavy atom. The summed E-state index contributed by atoms with van der Waals surface area (Å²) in [5.74, 6) is 1.01. The van der Waals surface area contributed by atoms with Gasteiger partial charge in [-0.2, -0.15) is 0 Å². The molecule has 2 N–H and O–H groups in total.